The van der Waals surface area contributed by atoms with Gasteiger partial charge in [0.15, 0.2) is 8.32 Å². The third-order valence-electron chi connectivity index (χ3n) is 11.1. The van der Waals surface area contributed by atoms with E-state index >= 15 is 0 Å². The molecule has 2 rings (SSSR count). The molecule has 48 heavy (non-hydrogen) atoms. The lowest BCUT2D eigenvalue weighted by Crippen LogP contribution is -2.71. The van der Waals surface area contributed by atoms with Gasteiger partial charge in [0, 0.05) is 23.6 Å². The van der Waals surface area contributed by atoms with Gasteiger partial charge in [-0.1, -0.05) is 116 Å². The monoisotopic (exact) mass is 727 g/mol. The number of hydrogen-bond acceptors (Lipinski definition) is 8. The Hall–Kier alpha value is -0.399. The first-order valence-electron chi connectivity index (χ1n) is 18.3. The summed E-state index contributed by atoms with van der Waals surface area (Å²) in [6.45, 7) is 39.5. The minimum Gasteiger partial charge on any atom is -0.414 e. The third kappa shape index (κ3) is 9.33. The number of fused-ring (bicyclic) bond motifs is 1. The third-order valence-corrected chi connectivity index (χ3v) is 26.9. The summed E-state index contributed by atoms with van der Waals surface area (Å²) < 4.78 is 47.3. The SMILES string of the molecule is COC/C=C\C[C@H](CO[Si](C)(C)C(C)(C)C)OC1(C#N)C[C@@H](O[Si](C(C)C)(C(C)C)C(C)C)[C@@H]2O[Si](C(C)(C)C)(C(C)(C)C)OC[C@H]2O1. The van der Waals surface area contributed by atoms with E-state index in [-0.39, 0.29) is 27.6 Å². The predicted molar refractivity (Wildman–Crippen MR) is 203 cm³/mol. The Morgan fingerprint density at radius 1 is 0.917 bits per heavy atom. The van der Waals surface area contributed by atoms with Crippen LogP contribution in [0.3, 0.4) is 0 Å². The van der Waals surface area contributed by atoms with Crippen LogP contribution in [-0.4, -0.2) is 82.3 Å². The largest absolute Gasteiger partial charge is 0.414 e. The van der Waals surface area contributed by atoms with Crippen molar-refractivity contribution in [3.05, 3.63) is 12.2 Å². The Labute approximate surface area is 298 Å². The lowest BCUT2D eigenvalue weighted by molar-refractivity contribution is -0.315. The van der Waals surface area contributed by atoms with E-state index in [1.807, 2.05) is 12.2 Å². The molecule has 0 radical (unpaired) electrons. The van der Waals surface area contributed by atoms with Gasteiger partial charge in [-0.25, -0.2) is 0 Å². The highest BCUT2D eigenvalue weighted by Gasteiger charge is 2.66. The zero-order valence-corrected chi connectivity index (χ0v) is 37.0. The topological polar surface area (TPSA) is 88.4 Å². The molecule has 2 fully saturated rings. The Kier molecular flexibility index (Phi) is 14.7. The average molecular weight is 728 g/mol. The molecule has 0 bridgehead atoms. The van der Waals surface area contributed by atoms with Crippen molar-refractivity contribution in [2.24, 2.45) is 0 Å². The number of hydrogen-bond donors (Lipinski definition) is 0. The Morgan fingerprint density at radius 2 is 1.46 bits per heavy atom. The van der Waals surface area contributed by atoms with Crippen molar-refractivity contribution in [2.45, 2.75) is 192 Å². The molecule has 0 N–H and O–H groups in total. The van der Waals surface area contributed by atoms with E-state index in [1.54, 1.807) is 7.11 Å². The van der Waals surface area contributed by atoms with Crippen molar-refractivity contribution < 1.29 is 31.9 Å². The molecule has 0 aromatic heterocycles. The molecule has 8 nitrogen and oxygen atoms in total. The van der Waals surface area contributed by atoms with Crippen LogP contribution in [0.2, 0.25) is 44.8 Å². The molecule has 0 amide bonds. The van der Waals surface area contributed by atoms with Crippen LogP contribution in [0.15, 0.2) is 12.2 Å². The van der Waals surface area contributed by atoms with Crippen LogP contribution in [0, 0.1) is 11.3 Å². The van der Waals surface area contributed by atoms with Gasteiger partial charge in [-0.2, -0.15) is 5.26 Å². The van der Waals surface area contributed by atoms with Crippen LogP contribution in [0.1, 0.15) is 117 Å². The average Bonchev–Trinajstić information content (AvgIpc) is 2.94. The molecule has 0 spiro atoms. The fourth-order valence-electron chi connectivity index (χ4n) is 7.90. The fourth-order valence-corrected chi connectivity index (χ4v) is 19.5. The number of ether oxygens (including phenoxy) is 3. The zero-order valence-electron chi connectivity index (χ0n) is 34.0. The molecule has 2 saturated heterocycles. The van der Waals surface area contributed by atoms with E-state index in [2.05, 4.69) is 123 Å². The smallest absolute Gasteiger partial charge is 0.349 e. The van der Waals surface area contributed by atoms with E-state index in [0.29, 0.717) is 42.9 Å². The van der Waals surface area contributed by atoms with Gasteiger partial charge in [-0.05, 0) is 41.2 Å². The van der Waals surface area contributed by atoms with Crippen molar-refractivity contribution in [3.8, 4) is 6.07 Å². The highest BCUT2D eigenvalue weighted by Crippen LogP contribution is 2.56. The summed E-state index contributed by atoms with van der Waals surface area (Å²) in [5, 5.41) is 10.6. The first-order chi connectivity index (χ1) is 21.8. The second-order valence-corrected chi connectivity index (χ2v) is 33.7. The molecule has 1 unspecified atom stereocenters. The standard InChI is InChI=1S/C37H73NO7Si3/c1-27(2)47(28(3)4,29(5)6)44-31-23-37(26-38,42-30(21-19-20-22-39-16)24-40-46(17,18)34(7,8)9)43-32-25-41-48(35(10,11)12,36(13,14)15)45-33(31)32/h19-20,27-33H,21-25H2,1-18H3/b20-19-/t30-,31-,32-,33+,37?/m1/s1. The predicted octanol–water partition coefficient (Wildman–Crippen LogP) is 10.0. The van der Waals surface area contributed by atoms with Crippen LogP contribution < -0.4 is 0 Å². The van der Waals surface area contributed by atoms with E-state index in [0.717, 1.165) is 0 Å². The molecular weight excluding hydrogens is 655 g/mol. The summed E-state index contributed by atoms with van der Waals surface area (Å²) in [5.41, 5.74) is 1.08. The van der Waals surface area contributed by atoms with Gasteiger partial charge in [-0.3, -0.25) is 0 Å². The lowest BCUT2D eigenvalue weighted by atomic mass is 9.96. The van der Waals surface area contributed by atoms with Gasteiger partial charge < -0.3 is 31.9 Å². The number of nitrogens with zero attached hydrogens (tertiary/aromatic N) is 1. The molecule has 0 aromatic carbocycles. The van der Waals surface area contributed by atoms with Crippen LogP contribution in [-0.2, 0) is 31.9 Å². The van der Waals surface area contributed by atoms with E-state index in [9.17, 15) is 5.26 Å². The molecule has 5 atom stereocenters. The van der Waals surface area contributed by atoms with Crippen LogP contribution in [0.25, 0.3) is 0 Å². The summed E-state index contributed by atoms with van der Waals surface area (Å²) in [5.74, 6) is -1.55. The number of nitriles is 1. The highest BCUT2D eigenvalue weighted by atomic mass is 28.4. The lowest BCUT2D eigenvalue weighted by Gasteiger charge is -2.59. The molecule has 0 aliphatic carbocycles. The first kappa shape index (κ1) is 43.8. The van der Waals surface area contributed by atoms with Gasteiger partial charge in [-0.15, -0.1) is 0 Å². The summed E-state index contributed by atoms with van der Waals surface area (Å²) in [7, 11) is -5.69. The number of methoxy groups -OCH3 is 1. The maximum atomic E-state index is 11.0. The highest BCUT2D eigenvalue weighted by molar-refractivity contribution is 6.77. The summed E-state index contributed by atoms with van der Waals surface area (Å²) in [4.78, 5) is 0. The normalized spacial score (nSPS) is 26.7. The summed E-state index contributed by atoms with van der Waals surface area (Å²) in [6.07, 6.45) is 3.14. The molecule has 0 saturated carbocycles. The van der Waals surface area contributed by atoms with E-state index in [4.69, 9.17) is 31.9 Å². The minimum atomic E-state index is -2.86. The Morgan fingerprint density at radius 3 is 1.90 bits per heavy atom. The van der Waals surface area contributed by atoms with Crippen LogP contribution >= 0.6 is 0 Å². The molecule has 2 aliphatic heterocycles. The molecule has 0 aromatic rings. The number of rotatable bonds is 14. The molecule has 2 heterocycles. The second kappa shape index (κ2) is 16.1. The first-order valence-corrected chi connectivity index (χ1v) is 25.2. The Balaban J connectivity index is 2.66. The van der Waals surface area contributed by atoms with Gasteiger partial charge in [0.25, 0.3) is 5.79 Å². The molecular formula is C37H73NO7Si3. The van der Waals surface area contributed by atoms with Crippen molar-refractivity contribution >= 4 is 25.2 Å². The second-order valence-electron chi connectivity index (χ2n) is 18.7. The zero-order chi connectivity index (χ0) is 37.1. The van der Waals surface area contributed by atoms with Crippen LogP contribution in [0.5, 0.6) is 0 Å². The molecule has 2 aliphatic rings. The maximum Gasteiger partial charge on any atom is 0.349 e. The summed E-state index contributed by atoms with van der Waals surface area (Å²) in [6, 6.07) is 2.49. The van der Waals surface area contributed by atoms with Gasteiger partial charge in [0.2, 0.25) is 8.32 Å². The molecule has 280 valence electrons. The maximum absolute atomic E-state index is 11.0. The van der Waals surface area contributed by atoms with Gasteiger partial charge in [0.05, 0.1) is 32.0 Å². The van der Waals surface area contributed by atoms with E-state index in [1.165, 1.54) is 0 Å². The fraction of sp³-hybridized carbons (Fsp3) is 0.919. The van der Waals surface area contributed by atoms with Crippen molar-refractivity contribution in [3.63, 3.8) is 0 Å². The quantitative estimate of drug-likeness (QED) is 0.129. The Bertz CT molecular complexity index is 1060. The van der Waals surface area contributed by atoms with Gasteiger partial charge in [0.1, 0.15) is 18.3 Å². The van der Waals surface area contributed by atoms with E-state index < -0.39 is 49.3 Å². The summed E-state index contributed by atoms with van der Waals surface area (Å²) >= 11 is 0. The molecule has 11 heteroatoms. The van der Waals surface area contributed by atoms with Gasteiger partial charge >= 0.3 is 8.56 Å². The van der Waals surface area contributed by atoms with Crippen molar-refractivity contribution in [1.29, 1.82) is 5.26 Å². The van der Waals surface area contributed by atoms with Crippen molar-refractivity contribution in [2.75, 3.05) is 26.9 Å². The van der Waals surface area contributed by atoms with Crippen molar-refractivity contribution in [1.82, 2.24) is 0 Å². The minimum absolute atomic E-state index is 0.0373. The van der Waals surface area contributed by atoms with Crippen LogP contribution in [0.4, 0.5) is 0 Å².